The van der Waals surface area contributed by atoms with Crippen molar-refractivity contribution < 1.29 is 13.9 Å². The van der Waals surface area contributed by atoms with Gasteiger partial charge in [-0.3, -0.25) is 4.79 Å². The number of furan rings is 1. The van der Waals surface area contributed by atoms with Gasteiger partial charge in [0.05, 0.1) is 12.5 Å². The summed E-state index contributed by atoms with van der Waals surface area (Å²) in [6.07, 6.45) is 0.829. The number of aryl methyl sites for hydroxylation is 2. The Labute approximate surface area is 95.0 Å². The number of carbonyl (C=O) groups excluding carboxylic acids is 1. The Kier molecular flexibility index (Phi) is 3.29. The van der Waals surface area contributed by atoms with Crippen molar-refractivity contribution in [2.24, 2.45) is 5.92 Å². The number of amides is 1. The molecule has 2 rings (SSSR count). The van der Waals surface area contributed by atoms with E-state index in [0.29, 0.717) is 19.8 Å². The number of rotatable bonds is 3. The minimum absolute atomic E-state index is 0.0216. The highest BCUT2D eigenvalue weighted by molar-refractivity contribution is 5.78. The van der Waals surface area contributed by atoms with Crippen LogP contribution in [0.4, 0.5) is 0 Å². The number of nitrogens with one attached hydrogen (secondary N) is 1. The zero-order chi connectivity index (χ0) is 11.5. The lowest BCUT2D eigenvalue weighted by atomic mass is 10.1. The average Bonchev–Trinajstić information content (AvgIpc) is 2.84. The number of ether oxygens (including phenoxy) is 1. The Morgan fingerprint density at radius 2 is 2.38 bits per heavy atom. The minimum atomic E-state index is 0.0216. The lowest BCUT2D eigenvalue weighted by molar-refractivity contribution is -0.125. The fourth-order valence-corrected chi connectivity index (χ4v) is 1.93. The molecule has 0 radical (unpaired) electrons. The van der Waals surface area contributed by atoms with Gasteiger partial charge in [0.25, 0.3) is 0 Å². The predicted molar refractivity (Wildman–Crippen MR) is 59.0 cm³/mol. The van der Waals surface area contributed by atoms with Crippen LogP contribution in [0.3, 0.4) is 0 Å². The van der Waals surface area contributed by atoms with Crippen molar-refractivity contribution in [2.45, 2.75) is 26.8 Å². The Bertz CT molecular complexity index is 378. The molecule has 0 unspecified atom stereocenters. The first kappa shape index (κ1) is 11.2. The first-order chi connectivity index (χ1) is 7.66. The summed E-state index contributed by atoms with van der Waals surface area (Å²) in [4.78, 5) is 11.7. The van der Waals surface area contributed by atoms with Crippen LogP contribution >= 0.6 is 0 Å². The second-order valence-corrected chi connectivity index (χ2v) is 4.22. The summed E-state index contributed by atoms with van der Waals surface area (Å²) in [7, 11) is 0. The second-order valence-electron chi connectivity index (χ2n) is 4.22. The van der Waals surface area contributed by atoms with Crippen LogP contribution in [0.1, 0.15) is 23.5 Å². The van der Waals surface area contributed by atoms with E-state index in [1.807, 2.05) is 19.9 Å². The van der Waals surface area contributed by atoms with E-state index in [2.05, 4.69) is 5.32 Å². The van der Waals surface area contributed by atoms with Crippen LogP contribution < -0.4 is 5.32 Å². The second kappa shape index (κ2) is 4.70. The van der Waals surface area contributed by atoms with Crippen LogP contribution in [0.25, 0.3) is 0 Å². The Morgan fingerprint density at radius 3 is 2.94 bits per heavy atom. The maximum Gasteiger partial charge on any atom is 0.225 e. The van der Waals surface area contributed by atoms with Gasteiger partial charge in [-0.05, 0) is 26.3 Å². The topological polar surface area (TPSA) is 51.5 Å². The molecular formula is C12H17NO3. The third-order valence-corrected chi connectivity index (χ3v) is 2.90. The van der Waals surface area contributed by atoms with Crippen molar-refractivity contribution in [3.05, 3.63) is 23.2 Å². The van der Waals surface area contributed by atoms with Crippen LogP contribution in [0.2, 0.25) is 0 Å². The van der Waals surface area contributed by atoms with Crippen LogP contribution in [-0.4, -0.2) is 19.1 Å². The summed E-state index contributed by atoms with van der Waals surface area (Å²) in [6.45, 7) is 5.60. The standard InChI is InChI=1S/C12H17NO3/c1-8-5-11(9(2)16-8)6-13-12(14)10-3-4-15-7-10/h5,10H,3-4,6-7H2,1-2H3,(H,13,14)/t10-/m0/s1. The molecule has 1 fully saturated rings. The third-order valence-electron chi connectivity index (χ3n) is 2.90. The van der Waals surface area contributed by atoms with E-state index in [1.165, 1.54) is 0 Å². The van der Waals surface area contributed by atoms with E-state index in [4.69, 9.17) is 9.15 Å². The summed E-state index contributed by atoms with van der Waals surface area (Å²) < 4.78 is 10.6. The number of hydrogen-bond acceptors (Lipinski definition) is 3. The van der Waals surface area contributed by atoms with Crippen LogP contribution in [0.5, 0.6) is 0 Å². The number of carbonyl (C=O) groups is 1. The molecule has 1 amide bonds. The Hall–Kier alpha value is -1.29. The van der Waals surface area contributed by atoms with Gasteiger partial charge >= 0.3 is 0 Å². The van der Waals surface area contributed by atoms with Gasteiger partial charge in [0.2, 0.25) is 5.91 Å². The van der Waals surface area contributed by atoms with Gasteiger partial charge in [0.15, 0.2) is 0 Å². The summed E-state index contributed by atoms with van der Waals surface area (Å²) in [5.74, 6) is 1.86. The fraction of sp³-hybridized carbons (Fsp3) is 0.583. The van der Waals surface area contributed by atoms with Gasteiger partial charge in [-0.25, -0.2) is 0 Å². The molecule has 1 aliphatic rings. The molecule has 16 heavy (non-hydrogen) atoms. The van der Waals surface area contributed by atoms with E-state index in [-0.39, 0.29) is 11.8 Å². The maximum atomic E-state index is 11.7. The van der Waals surface area contributed by atoms with Gasteiger partial charge in [0, 0.05) is 18.7 Å². The first-order valence-electron chi connectivity index (χ1n) is 5.58. The third kappa shape index (κ3) is 2.44. The van der Waals surface area contributed by atoms with E-state index < -0.39 is 0 Å². The van der Waals surface area contributed by atoms with Crippen molar-refractivity contribution in [1.29, 1.82) is 0 Å². The Morgan fingerprint density at radius 1 is 1.56 bits per heavy atom. The first-order valence-corrected chi connectivity index (χ1v) is 5.58. The van der Waals surface area contributed by atoms with Crippen molar-refractivity contribution in [1.82, 2.24) is 5.32 Å². The van der Waals surface area contributed by atoms with Crippen LogP contribution in [0.15, 0.2) is 10.5 Å². The summed E-state index contributed by atoms with van der Waals surface area (Å²) in [5, 5.41) is 2.92. The van der Waals surface area contributed by atoms with Crippen LogP contribution in [-0.2, 0) is 16.1 Å². The zero-order valence-electron chi connectivity index (χ0n) is 9.71. The SMILES string of the molecule is Cc1cc(CNC(=O)[C@H]2CCOC2)c(C)o1. The molecule has 1 saturated heterocycles. The zero-order valence-corrected chi connectivity index (χ0v) is 9.71. The lowest BCUT2D eigenvalue weighted by Gasteiger charge is -2.08. The summed E-state index contributed by atoms with van der Waals surface area (Å²) in [6, 6.07) is 1.96. The molecular weight excluding hydrogens is 206 g/mol. The summed E-state index contributed by atoms with van der Waals surface area (Å²) in [5.41, 5.74) is 1.05. The van der Waals surface area contributed by atoms with Crippen molar-refractivity contribution in [3.8, 4) is 0 Å². The smallest absolute Gasteiger partial charge is 0.225 e. The molecule has 1 aliphatic heterocycles. The fourth-order valence-electron chi connectivity index (χ4n) is 1.93. The van der Waals surface area contributed by atoms with Gasteiger partial charge in [-0.2, -0.15) is 0 Å². The monoisotopic (exact) mass is 223 g/mol. The van der Waals surface area contributed by atoms with E-state index in [1.54, 1.807) is 0 Å². The average molecular weight is 223 g/mol. The summed E-state index contributed by atoms with van der Waals surface area (Å²) >= 11 is 0. The molecule has 0 spiro atoms. The Balaban J connectivity index is 1.87. The molecule has 0 aliphatic carbocycles. The van der Waals surface area contributed by atoms with E-state index in [9.17, 15) is 4.79 Å². The highest BCUT2D eigenvalue weighted by atomic mass is 16.5. The molecule has 1 aromatic rings. The molecule has 1 aromatic heterocycles. The van der Waals surface area contributed by atoms with Gasteiger partial charge in [-0.1, -0.05) is 0 Å². The van der Waals surface area contributed by atoms with Gasteiger partial charge in [0.1, 0.15) is 11.5 Å². The molecule has 0 aromatic carbocycles. The maximum absolute atomic E-state index is 11.7. The highest BCUT2D eigenvalue weighted by Gasteiger charge is 2.23. The van der Waals surface area contributed by atoms with Crippen molar-refractivity contribution >= 4 is 5.91 Å². The van der Waals surface area contributed by atoms with E-state index in [0.717, 1.165) is 23.5 Å². The predicted octanol–water partition coefficient (Wildman–Crippen LogP) is 1.55. The number of hydrogen-bond donors (Lipinski definition) is 1. The van der Waals surface area contributed by atoms with Crippen molar-refractivity contribution in [3.63, 3.8) is 0 Å². The lowest BCUT2D eigenvalue weighted by Crippen LogP contribution is -2.30. The molecule has 1 atom stereocenters. The molecule has 0 saturated carbocycles. The minimum Gasteiger partial charge on any atom is -0.466 e. The molecule has 0 bridgehead atoms. The van der Waals surface area contributed by atoms with Crippen LogP contribution in [0, 0.1) is 19.8 Å². The van der Waals surface area contributed by atoms with Gasteiger partial charge in [-0.15, -0.1) is 0 Å². The molecule has 1 N–H and O–H groups in total. The van der Waals surface area contributed by atoms with Gasteiger partial charge < -0.3 is 14.5 Å². The molecule has 2 heterocycles. The largest absolute Gasteiger partial charge is 0.466 e. The quantitative estimate of drug-likeness (QED) is 0.845. The molecule has 4 heteroatoms. The molecule has 4 nitrogen and oxygen atoms in total. The molecule has 88 valence electrons. The normalized spacial score (nSPS) is 20.0. The van der Waals surface area contributed by atoms with E-state index >= 15 is 0 Å². The highest BCUT2D eigenvalue weighted by Crippen LogP contribution is 2.15. The van der Waals surface area contributed by atoms with Crippen molar-refractivity contribution in [2.75, 3.05) is 13.2 Å².